The van der Waals surface area contributed by atoms with Crippen molar-refractivity contribution in [1.82, 2.24) is 0 Å². The number of hydrogen-bond acceptors (Lipinski definition) is 2. The first-order valence-electron chi connectivity index (χ1n) is 15.2. The summed E-state index contributed by atoms with van der Waals surface area (Å²) in [6.45, 7) is 15.1. The number of rotatable bonds is 7. The van der Waals surface area contributed by atoms with Crippen LogP contribution < -0.4 is 21.2 Å². The summed E-state index contributed by atoms with van der Waals surface area (Å²) in [5, 5.41) is 5.89. The maximum absolute atomic E-state index is 10.7. The summed E-state index contributed by atoms with van der Waals surface area (Å²) in [4.78, 5) is 18.9. The fraction of sp³-hybridized carbons (Fsp3) is 0.154. The molecule has 53 heavy (non-hydrogen) atoms. The monoisotopic (exact) mass is 832 g/mol. The largest absolute Gasteiger partial charge is 2.00 e. The van der Waals surface area contributed by atoms with E-state index in [-0.39, 0.29) is 44.8 Å². The van der Waals surface area contributed by atoms with E-state index in [2.05, 4.69) is 135 Å². The molecule has 0 spiro atoms. The molecule has 0 unspecified atom stereocenters. The quantitative estimate of drug-likeness (QED) is 0.0709. The van der Waals surface area contributed by atoms with Crippen LogP contribution in [-0.4, -0.2) is 23.9 Å². The molecule has 0 heterocycles. The number of hydrogen-bond donors (Lipinski definition) is 0. The third-order valence-electron chi connectivity index (χ3n) is 5.37. The van der Waals surface area contributed by atoms with Gasteiger partial charge in [-0.05, 0) is 77.1 Å². The van der Waals surface area contributed by atoms with Crippen molar-refractivity contribution in [3.63, 3.8) is 0 Å². The molecule has 5 aromatic carbocycles. The standard InChI is InChI=1S/C26H24P2.C5H5.2C3H6O.2CO.Cr.F6P/c1-5-13-23(14-6-1)27(24-15-7-2-8-16-24)21-22-28(25-17-9-3-10-18-25)26-19-11-4-12-20-26;1-2-4-5-3-1;2*1-3(2)4;2*1-2;;1-7(2,3,4,5)6/h1-20H,21-22H2;1-5H;2*1-2H3;;;;/q;-1;;;;;+2;-1. The zero-order valence-electron chi connectivity index (χ0n) is 29.5. The van der Waals surface area contributed by atoms with Crippen LogP contribution in [0.5, 0.6) is 0 Å². The Labute approximate surface area is 321 Å². The van der Waals surface area contributed by atoms with E-state index in [1.165, 1.54) is 61.2 Å². The Bertz CT molecular complexity index is 1460. The maximum atomic E-state index is 9.87. The molecule has 0 saturated heterocycles. The smallest absolute Gasteiger partial charge is 0.214 e. The molecule has 0 radical (unpaired) electrons. The van der Waals surface area contributed by atoms with Crippen LogP contribution in [0.2, 0.25) is 0 Å². The summed E-state index contributed by atoms with van der Waals surface area (Å²) < 4.78 is 74.2. The van der Waals surface area contributed by atoms with E-state index in [1.807, 2.05) is 30.3 Å². The van der Waals surface area contributed by atoms with Gasteiger partial charge in [0, 0.05) is 0 Å². The van der Waals surface area contributed by atoms with Crippen molar-refractivity contribution < 1.29 is 61.4 Å². The molecule has 0 aliphatic rings. The van der Waals surface area contributed by atoms with Crippen molar-refractivity contribution in [1.29, 1.82) is 0 Å². The second-order valence-electron chi connectivity index (χ2n) is 10.4. The van der Waals surface area contributed by atoms with Gasteiger partial charge in [-0.1, -0.05) is 121 Å². The predicted octanol–water partition coefficient (Wildman–Crippen LogP) is 11.2. The minimum Gasteiger partial charge on any atom is -0.214 e. The van der Waals surface area contributed by atoms with E-state index < -0.39 is 7.81 Å². The van der Waals surface area contributed by atoms with Crippen molar-refractivity contribution in [2.24, 2.45) is 0 Å². The fourth-order valence-corrected chi connectivity index (χ4v) is 9.12. The van der Waals surface area contributed by atoms with Crippen LogP contribution in [0.15, 0.2) is 152 Å². The molecule has 5 rings (SSSR count). The van der Waals surface area contributed by atoms with Crippen molar-refractivity contribution in [2.75, 3.05) is 12.3 Å². The average molecular weight is 833 g/mol. The van der Waals surface area contributed by atoms with Crippen LogP contribution in [0, 0.1) is 13.3 Å². The average Bonchev–Trinajstić information content (AvgIpc) is 3.69. The van der Waals surface area contributed by atoms with E-state index in [1.54, 1.807) is 0 Å². The predicted molar refractivity (Wildman–Crippen MR) is 204 cm³/mol. The van der Waals surface area contributed by atoms with E-state index >= 15 is 0 Å². The molecular formula is C39H41CrF6O4P3. The molecule has 0 aromatic heterocycles. The molecule has 0 fully saturated rings. The van der Waals surface area contributed by atoms with E-state index in [9.17, 15) is 34.8 Å². The Morgan fingerprint density at radius 2 is 0.660 bits per heavy atom. The van der Waals surface area contributed by atoms with Gasteiger partial charge >= 0.3 is 73.0 Å². The fourth-order valence-electron chi connectivity index (χ4n) is 3.77. The zero-order valence-corrected chi connectivity index (χ0v) is 33.5. The summed E-state index contributed by atoms with van der Waals surface area (Å²) >= 11 is 0. The number of Topliss-reactive ketones (excluding diaryl/α,β-unsaturated/α-hetero) is 2. The molecule has 284 valence electrons. The van der Waals surface area contributed by atoms with Crippen molar-refractivity contribution in [2.45, 2.75) is 27.7 Å². The van der Waals surface area contributed by atoms with Gasteiger partial charge in [0.05, 0.1) is 0 Å². The van der Waals surface area contributed by atoms with Crippen LogP contribution in [0.25, 0.3) is 0 Å². The molecule has 4 nitrogen and oxygen atoms in total. The first-order valence-corrected chi connectivity index (χ1v) is 20.2. The first kappa shape index (κ1) is 53.8. The molecule has 0 aliphatic heterocycles. The van der Waals surface area contributed by atoms with Gasteiger partial charge in [-0.3, -0.25) is 0 Å². The molecule has 0 amide bonds. The Kier molecular flexibility index (Phi) is 28.4. The van der Waals surface area contributed by atoms with Crippen LogP contribution in [-0.2, 0) is 36.3 Å². The van der Waals surface area contributed by atoms with Crippen LogP contribution in [0.3, 0.4) is 0 Å². The Morgan fingerprint density at radius 3 is 0.792 bits per heavy atom. The summed E-state index contributed by atoms with van der Waals surface area (Å²) in [5.74, 6) is 0.333. The molecule has 0 N–H and O–H groups in total. The third-order valence-corrected chi connectivity index (χ3v) is 10.8. The van der Waals surface area contributed by atoms with Gasteiger partial charge in [0.2, 0.25) is 0 Å². The summed E-state index contributed by atoms with van der Waals surface area (Å²) in [6, 6.07) is 54.2. The van der Waals surface area contributed by atoms with Crippen LogP contribution in [0.4, 0.5) is 25.2 Å². The minimum atomic E-state index is -10.7. The molecular weight excluding hydrogens is 791 g/mol. The SMILES string of the molecule is CC(C)=O.CC(C)=O.F[P-](F)(F)(F)(F)F.[C-]#[O+].[C-]#[O+].[Cr+2].c1cc[cH-]c1.c1ccc(P(CCP(c2ccccc2)c2ccccc2)c2ccccc2)cc1. The van der Waals surface area contributed by atoms with Gasteiger partial charge in [0.15, 0.2) is 0 Å². The molecule has 14 heteroatoms. The van der Waals surface area contributed by atoms with E-state index in [0.717, 1.165) is 0 Å². The normalized spacial score (nSPS) is 10.7. The van der Waals surface area contributed by atoms with Crippen LogP contribution in [0.1, 0.15) is 27.7 Å². The molecule has 0 atom stereocenters. The van der Waals surface area contributed by atoms with Gasteiger partial charge in [0.1, 0.15) is 11.6 Å². The molecule has 0 saturated carbocycles. The van der Waals surface area contributed by atoms with E-state index in [0.29, 0.717) is 0 Å². The molecule has 0 bridgehead atoms. The number of carbonyl (C=O) groups excluding carboxylic acids is 2. The maximum Gasteiger partial charge on any atom is 2.00 e. The third kappa shape index (κ3) is 35.3. The first-order chi connectivity index (χ1) is 24.3. The number of halogens is 6. The van der Waals surface area contributed by atoms with Crippen molar-refractivity contribution >= 4 is 56.4 Å². The molecule has 5 aromatic rings. The Balaban J connectivity index is -0.000000818. The Morgan fingerprint density at radius 1 is 0.491 bits per heavy atom. The second-order valence-corrected chi connectivity index (χ2v) is 17.0. The summed E-state index contributed by atoms with van der Waals surface area (Å²) in [6.07, 6.45) is 2.41. The van der Waals surface area contributed by atoms with Crippen LogP contribution >= 0.6 is 23.7 Å². The van der Waals surface area contributed by atoms with Crippen molar-refractivity contribution in [3.05, 3.63) is 165 Å². The Hall–Kier alpha value is -3.55. The topological polar surface area (TPSA) is 73.9 Å². The summed E-state index contributed by atoms with van der Waals surface area (Å²) in [5.41, 5.74) is 0. The van der Waals surface area contributed by atoms with Gasteiger partial charge in [-0.2, -0.15) is 18.2 Å². The second kappa shape index (κ2) is 28.0. The van der Waals surface area contributed by atoms with Gasteiger partial charge in [-0.25, -0.2) is 12.1 Å². The zero-order chi connectivity index (χ0) is 40.1. The minimum absolute atomic E-state index is 0. The van der Waals surface area contributed by atoms with Gasteiger partial charge < -0.3 is 9.59 Å². The summed E-state index contributed by atoms with van der Waals surface area (Å²) in [7, 11) is -11.4. The number of carbonyl (C=O) groups is 2. The molecule has 0 aliphatic carbocycles. The number of ketones is 2. The van der Waals surface area contributed by atoms with E-state index in [4.69, 9.17) is 9.30 Å². The van der Waals surface area contributed by atoms with Gasteiger partial charge in [-0.15, -0.1) is 0 Å². The number of benzene rings is 4. The van der Waals surface area contributed by atoms with Crippen molar-refractivity contribution in [3.8, 4) is 0 Å². The van der Waals surface area contributed by atoms with Gasteiger partial charge in [0.25, 0.3) is 0 Å².